The summed E-state index contributed by atoms with van der Waals surface area (Å²) in [7, 11) is 1.74. The molecule has 1 unspecified atom stereocenters. The summed E-state index contributed by atoms with van der Waals surface area (Å²) in [5.41, 5.74) is 1.45. The SMILES string of the molecule is COc1ccccc1C(C)N1CCNCC1(C)C. The second kappa shape index (κ2) is 5.29. The average molecular weight is 248 g/mol. The van der Waals surface area contributed by atoms with Crippen LogP contribution in [0.25, 0.3) is 0 Å². The molecule has 1 aliphatic heterocycles. The van der Waals surface area contributed by atoms with E-state index in [1.165, 1.54) is 5.56 Å². The molecular weight excluding hydrogens is 224 g/mol. The van der Waals surface area contributed by atoms with Crippen molar-refractivity contribution >= 4 is 0 Å². The maximum atomic E-state index is 5.48. The van der Waals surface area contributed by atoms with E-state index in [4.69, 9.17) is 4.74 Å². The lowest BCUT2D eigenvalue weighted by Crippen LogP contribution is -2.58. The summed E-state index contributed by atoms with van der Waals surface area (Å²) in [5, 5.41) is 3.47. The molecule has 1 aromatic carbocycles. The van der Waals surface area contributed by atoms with E-state index in [9.17, 15) is 0 Å². The number of hydrogen-bond donors (Lipinski definition) is 1. The number of hydrogen-bond acceptors (Lipinski definition) is 3. The molecule has 100 valence electrons. The summed E-state index contributed by atoms with van der Waals surface area (Å²) in [5.74, 6) is 0.985. The highest BCUT2D eigenvalue weighted by Crippen LogP contribution is 2.33. The van der Waals surface area contributed by atoms with Gasteiger partial charge in [0.1, 0.15) is 5.75 Å². The predicted molar refractivity (Wildman–Crippen MR) is 75.1 cm³/mol. The topological polar surface area (TPSA) is 24.5 Å². The molecule has 0 amide bonds. The van der Waals surface area contributed by atoms with Crippen molar-refractivity contribution < 1.29 is 4.74 Å². The number of piperazine rings is 1. The average Bonchev–Trinajstić information content (AvgIpc) is 2.37. The standard InChI is InChI=1S/C15H24N2O/c1-12(13-7-5-6-8-14(13)18-4)17-10-9-16-11-15(17,2)3/h5-8,12,16H,9-11H2,1-4H3. The van der Waals surface area contributed by atoms with Crippen molar-refractivity contribution in [1.82, 2.24) is 10.2 Å². The minimum absolute atomic E-state index is 0.179. The fourth-order valence-corrected chi connectivity index (χ4v) is 2.90. The molecule has 1 aromatic rings. The van der Waals surface area contributed by atoms with Crippen LogP contribution in [0.4, 0.5) is 0 Å². The molecule has 3 nitrogen and oxygen atoms in total. The molecule has 0 saturated carbocycles. The van der Waals surface area contributed by atoms with Crippen LogP contribution in [0.2, 0.25) is 0 Å². The van der Waals surface area contributed by atoms with E-state index in [0.29, 0.717) is 6.04 Å². The molecule has 1 atom stereocenters. The number of ether oxygens (including phenoxy) is 1. The first-order chi connectivity index (χ1) is 8.56. The van der Waals surface area contributed by atoms with Gasteiger partial charge < -0.3 is 10.1 Å². The van der Waals surface area contributed by atoms with Crippen molar-refractivity contribution in [2.45, 2.75) is 32.4 Å². The predicted octanol–water partition coefficient (Wildman–Crippen LogP) is 2.44. The third-order valence-corrected chi connectivity index (χ3v) is 3.92. The molecule has 18 heavy (non-hydrogen) atoms. The first-order valence-corrected chi connectivity index (χ1v) is 6.66. The van der Waals surface area contributed by atoms with Crippen molar-refractivity contribution in [2.24, 2.45) is 0 Å². The second-order valence-electron chi connectivity index (χ2n) is 5.60. The summed E-state index contributed by atoms with van der Waals surface area (Å²) < 4.78 is 5.48. The summed E-state index contributed by atoms with van der Waals surface area (Å²) in [6.07, 6.45) is 0. The van der Waals surface area contributed by atoms with Crippen molar-refractivity contribution in [2.75, 3.05) is 26.7 Å². The molecular formula is C15H24N2O. The molecule has 1 fully saturated rings. The van der Waals surface area contributed by atoms with Gasteiger partial charge in [0.15, 0.2) is 0 Å². The molecule has 0 aromatic heterocycles. The van der Waals surface area contributed by atoms with Gasteiger partial charge in [-0.05, 0) is 26.8 Å². The first-order valence-electron chi connectivity index (χ1n) is 6.66. The van der Waals surface area contributed by atoms with Crippen molar-refractivity contribution in [3.05, 3.63) is 29.8 Å². The van der Waals surface area contributed by atoms with E-state index in [1.807, 2.05) is 12.1 Å². The fourth-order valence-electron chi connectivity index (χ4n) is 2.90. The van der Waals surface area contributed by atoms with Crippen LogP contribution in [0.5, 0.6) is 5.75 Å². The number of nitrogens with zero attached hydrogens (tertiary/aromatic N) is 1. The molecule has 0 aliphatic carbocycles. The van der Waals surface area contributed by atoms with E-state index in [-0.39, 0.29) is 5.54 Å². The van der Waals surface area contributed by atoms with Crippen LogP contribution in [0.15, 0.2) is 24.3 Å². The minimum Gasteiger partial charge on any atom is -0.496 e. The number of rotatable bonds is 3. The zero-order valence-electron chi connectivity index (χ0n) is 11.9. The maximum absolute atomic E-state index is 5.48. The molecule has 3 heteroatoms. The van der Waals surface area contributed by atoms with Gasteiger partial charge in [0, 0.05) is 36.8 Å². The smallest absolute Gasteiger partial charge is 0.123 e. The number of para-hydroxylation sites is 1. The van der Waals surface area contributed by atoms with Crippen LogP contribution in [0.1, 0.15) is 32.4 Å². The van der Waals surface area contributed by atoms with E-state index < -0.39 is 0 Å². The monoisotopic (exact) mass is 248 g/mol. The van der Waals surface area contributed by atoms with Crippen molar-refractivity contribution in [3.63, 3.8) is 0 Å². The largest absolute Gasteiger partial charge is 0.496 e. The molecule has 0 radical (unpaired) electrons. The summed E-state index contributed by atoms with van der Waals surface area (Å²) >= 11 is 0. The number of methoxy groups -OCH3 is 1. The van der Waals surface area contributed by atoms with Gasteiger partial charge in [0.25, 0.3) is 0 Å². The van der Waals surface area contributed by atoms with Crippen LogP contribution in [0, 0.1) is 0 Å². The first kappa shape index (κ1) is 13.4. The third-order valence-electron chi connectivity index (χ3n) is 3.92. The van der Waals surface area contributed by atoms with Gasteiger partial charge >= 0.3 is 0 Å². The van der Waals surface area contributed by atoms with Crippen LogP contribution in [-0.4, -0.2) is 37.2 Å². The number of nitrogens with one attached hydrogen (secondary N) is 1. The molecule has 0 spiro atoms. The van der Waals surface area contributed by atoms with Gasteiger partial charge in [-0.2, -0.15) is 0 Å². The lowest BCUT2D eigenvalue weighted by molar-refractivity contribution is 0.0507. The third kappa shape index (κ3) is 2.52. The normalized spacial score (nSPS) is 21.6. The van der Waals surface area contributed by atoms with Crippen LogP contribution >= 0.6 is 0 Å². The summed E-state index contributed by atoms with van der Waals surface area (Å²) in [4.78, 5) is 2.56. The van der Waals surface area contributed by atoms with E-state index in [0.717, 1.165) is 25.4 Å². The van der Waals surface area contributed by atoms with Gasteiger partial charge in [-0.1, -0.05) is 18.2 Å². The quantitative estimate of drug-likeness (QED) is 0.889. The highest BCUT2D eigenvalue weighted by molar-refractivity contribution is 5.35. The summed E-state index contributed by atoms with van der Waals surface area (Å²) in [6, 6.07) is 8.70. The lowest BCUT2D eigenvalue weighted by Gasteiger charge is -2.46. The lowest BCUT2D eigenvalue weighted by atomic mass is 9.94. The van der Waals surface area contributed by atoms with E-state index in [1.54, 1.807) is 7.11 Å². The Bertz CT molecular complexity index is 403. The molecule has 0 bridgehead atoms. The van der Waals surface area contributed by atoms with E-state index >= 15 is 0 Å². The van der Waals surface area contributed by atoms with Crippen molar-refractivity contribution in [1.29, 1.82) is 0 Å². The molecule has 1 aliphatic rings. The fraction of sp³-hybridized carbons (Fsp3) is 0.600. The van der Waals surface area contributed by atoms with Gasteiger partial charge in [0.2, 0.25) is 0 Å². The van der Waals surface area contributed by atoms with Crippen LogP contribution < -0.4 is 10.1 Å². The second-order valence-corrected chi connectivity index (χ2v) is 5.60. The highest BCUT2D eigenvalue weighted by Gasteiger charge is 2.34. The van der Waals surface area contributed by atoms with Crippen molar-refractivity contribution in [3.8, 4) is 5.75 Å². The molecule has 1 N–H and O–H groups in total. The highest BCUT2D eigenvalue weighted by atomic mass is 16.5. The Morgan fingerprint density at radius 1 is 1.33 bits per heavy atom. The van der Waals surface area contributed by atoms with E-state index in [2.05, 4.69) is 43.1 Å². The Morgan fingerprint density at radius 3 is 2.72 bits per heavy atom. The van der Waals surface area contributed by atoms with Crippen LogP contribution in [0.3, 0.4) is 0 Å². The van der Waals surface area contributed by atoms with Gasteiger partial charge in [-0.25, -0.2) is 0 Å². The minimum atomic E-state index is 0.179. The zero-order chi connectivity index (χ0) is 13.2. The zero-order valence-corrected chi connectivity index (χ0v) is 11.9. The van der Waals surface area contributed by atoms with Gasteiger partial charge in [0.05, 0.1) is 7.11 Å². The van der Waals surface area contributed by atoms with Gasteiger partial charge in [-0.15, -0.1) is 0 Å². The Morgan fingerprint density at radius 2 is 2.06 bits per heavy atom. The Hall–Kier alpha value is -1.06. The Labute approximate surface area is 110 Å². The molecule has 1 saturated heterocycles. The molecule has 1 heterocycles. The van der Waals surface area contributed by atoms with Crippen LogP contribution in [-0.2, 0) is 0 Å². The summed E-state index contributed by atoms with van der Waals surface area (Å²) in [6.45, 7) is 10.0. The van der Waals surface area contributed by atoms with Gasteiger partial charge in [-0.3, -0.25) is 4.90 Å². The Kier molecular flexibility index (Phi) is 3.93. The molecule has 2 rings (SSSR count). The number of benzene rings is 1. The maximum Gasteiger partial charge on any atom is 0.123 e. The Balaban J connectivity index is 2.27.